The molecule has 2 aromatic heterocycles. The maximum atomic E-state index is 13.3. The highest BCUT2D eigenvalue weighted by Gasteiger charge is 2.25. The number of phenols is 1. The summed E-state index contributed by atoms with van der Waals surface area (Å²) in [6.07, 6.45) is 5.80. The maximum absolute atomic E-state index is 13.3. The van der Waals surface area contributed by atoms with Gasteiger partial charge in [-0.1, -0.05) is 55.1 Å². The Balaban J connectivity index is 0.000000208. The normalized spacial score (nSPS) is 12.4. The number of aromatic hydroxyl groups is 1. The molecule has 0 bridgehead atoms. The van der Waals surface area contributed by atoms with E-state index in [9.17, 15) is 13.9 Å². The molecule has 38 heavy (non-hydrogen) atoms. The number of pyridine rings is 1. The van der Waals surface area contributed by atoms with Crippen LogP contribution in [0.4, 0.5) is 19.6 Å². The molecule has 0 spiro atoms. The van der Waals surface area contributed by atoms with Crippen LogP contribution in [0.3, 0.4) is 0 Å². The van der Waals surface area contributed by atoms with E-state index in [0.29, 0.717) is 22.8 Å². The van der Waals surface area contributed by atoms with Crippen LogP contribution in [0.1, 0.15) is 43.7 Å². The summed E-state index contributed by atoms with van der Waals surface area (Å²) in [6, 6.07) is 11.2. The lowest BCUT2D eigenvalue weighted by Crippen LogP contribution is -1.89. The summed E-state index contributed by atoms with van der Waals surface area (Å²) in [7, 11) is 1.52. The van der Waals surface area contributed by atoms with E-state index in [2.05, 4.69) is 15.0 Å². The number of benzene rings is 2. The van der Waals surface area contributed by atoms with Crippen molar-refractivity contribution in [3.05, 3.63) is 80.4 Å². The number of nitrogens with one attached hydrogen (secondary N) is 1. The SMILES string of the molecule is CC.COc1cccc(C=Nc2c[nH]c(=S)c(C3CC3)c2)c1O.Nc1nc(-c2ccc(F)c(Cl)c2)c(F)s1. The molecule has 2 heterocycles. The molecule has 0 aliphatic heterocycles. The van der Waals surface area contributed by atoms with Gasteiger partial charge in [-0.15, -0.1) is 0 Å². The molecule has 5 rings (SSSR count). The Morgan fingerprint density at radius 1 is 1.24 bits per heavy atom. The van der Waals surface area contributed by atoms with Crippen LogP contribution in [0.25, 0.3) is 11.3 Å². The molecule has 1 aliphatic rings. The van der Waals surface area contributed by atoms with Crippen molar-refractivity contribution in [2.75, 3.05) is 12.8 Å². The molecule has 1 aliphatic carbocycles. The summed E-state index contributed by atoms with van der Waals surface area (Å²) in [4.78, 5) is 11.3. The molecule has 200 valence electrons. The Hall–Kier alpha value is -3.34. The van der Waals surface area contributed by atoms with Gasteiger partial charge in [-0.2, -0.15) is 4.39 Å². The number of nitrogen functional groups attached to an aromatic ring is 1. The zero-order chi connectivity index (χ0) is 27.8. The van der Waals surface area contributed by atoms with Crippen LogP contribution in [0.5, 0.6) is 11.5 Å². The van der Waals surface area contributed by atoms with Gasteiger partial charge in [-0.25, -0.2) is 9.37 Å². The number of ether oxygens (including phenoxy) is 1. The number of anilines is 1. The number of aromatic amines is 1. The number of rotatable bonds is 5. The Morgan fingerprint density at radius 3 is 2.58 bits per heavy atom. The second-order valence-electron chi connectivity index (χ2n) is 7.88. The van der Waals surface area contributed by atoms with Gasteiger partial charge in [0.1, 0.15) is 16.2 Å². The number of aliphatic imine (C=N–C) groups is 1. The van der Waals surface area contributed by atoms with E-state index in [1.165, 1.54) is 32.1 Å². The quantitative estimate of drug-likeness (QED) is 0.164. The van der Waals surface area contributed by atoms with Crippen molar-refractivity contribution in [1.82, 2.24) is 9.97 Å². The molecule has 0 radical (unpaired) electrons. The fourth-order valence-electron chi connectivity index (χ4n) is 3.35. The molecule has 4 aromatic rings. The number of hydrogen-bond donors (Lipinski definition) is 3. The zero-order valence-corrected chi connectivity index (χ0v) is 23.4. The minimum Gasteiger partial charge on any atom is -0.504 e. The standard InChI is InChI=1S/C16H16N2O2S.C9H5ClF2N2S.C2H6/c1-20-14-4-2-3-11(15(14)19)8-17-12-7-13(10-5-6-10)16(21)18-9-12;10-5-3-4(1-2-6(5)11)7-8(12)15-9(13)14-7;1-2/h2-4,7-10,19H,5-6H2,1H3,(H,18,21);1-3H,(H2,13,14);1-2H3. The van der Waals surface area contributed by atoms with Gasteiger partial charge in [0.05, 0.1) is 17.8 Å². The van der Waals surface area contributed by atoms with Crippen molar-refractivity contribution in [2.24, 2.45) is 4.99 Å². The highest BCUT2D eigenvalue weighted by molar-refractivity contribution is 7.71. The van der Waals surface area contributed by atoms with E-state index in [1.54, 1.807) is 24.5 Å². The van der Waals surface area contributed by atoms with Crippen LogP contribution in [0, 0.1) is 15.6 Å². The fraction of sp³-hybridized carbons (Fsp3) is 0.222. The molecule has 0 atom stereocenters. The number of methoxy groups -OCH3 is 1. The van der Waals surface area contributed by atoms with Crippen LogP contribution in [-0.4, -0.2) is 28.4 Å². The minimum atomic E-state index is -0.552. The third-order valence-electron chi connectivity index (χ3n) is 5.33. The molecule has 1 fully saturated rings. The van der Waals surface area contributed by atoms with Crippen molar-refractivity contribution >= 4 is 52.2 Å². The first-order chi connectivity index (χ1) is 18.3. The molecule has 1 saturated carbocycles. The first kappa shape index (κ1) is 29.2. The van der Waals surface area contributed by atoms with Crippen LogP contribution in [0.2, 0.25) is 5.02 Å². The molecule has 4 N–H and O–H groups in total. The number of aromatic nitrogens is 2. The molecule has 0 amide bonds. The van der Waals surface area contributed by atoms with Crippen molar-refractivity contribution in [3.63, 3.8) is 0 Å². The van der Waals surface area contributed by atoms with Gasteiger partial charge < -0.3 is 20.6 Å². The first-order valence-corrected chi connectivity index (χ1v) is 13.4. The smallest absolute Gasteiger partial charge is 0.206 e. The summed E-state index contributed by atoms with van der Waals surface area (Å²) >= 11 is 11.6. The number of nitrogens with zero attached hydrogens (tertiary/aromatic N) is 2. The number of nitrogens with two attached hydrogens (primary N) is 1. The topological polar surface area (TPSA) is 96.5 Å². The number of phenolic OH excluding ortho intramolecular Hbond substituents is 1. The Bertz CT molecular complexity index is 1490. The highest BCUT2D eigenvalue weighted by atomic mass is 35.5. The number of para-hydroxylation sites is 1. The minimum absolute atomic E-state index is 0.0709. The first-order valence-electron chi connectivity index (χ1n) is 11.8. The highest BCUT2D eigenvalue weighted by Crippen LogP contribution is 2.41. The molecule has 0 unspecified atom stereocenters. The third kappa shape index (κ3) is 7.37. The third-order valence-corrected chi connectivity index (χ3v) is 6.65. The molecule has 6 nitrogen and oxygen atoms in total. The lowest BCUT2D eigenvalue weighted by Gasteiger charge is -2.05. The number of halogens is 3. The zero-order valence-electron chi connectivity index (χ0n) is 21.0. The van der Waals surface area contributed by atoms with E-state index in [0.717, 1.165) is 33.3 Å². The van der Waals surface area contributed by atoms with Gasteiger partial charge in [0.15, 0.2) is 16.6 Å². The molecule has 11 heteroatoms. The fourth-order valence-corrected chi connectivity index (χ4v) is 4.40. The average Bonchev–Trinajstić information content (AvgIpc) is 3.70. The van der Waals surface area contributed by atoms with Gasteiger partial charge in [0, 0.05) is 23.5 Å². The van der Waals surface area contributed by atoms with E-state index < -0.39 is 10.9 Å². The second kappa shape index (κ2) is 13.5. The summed E-state index contributed by atoms with van der Waals surface area (Å²) in [5, 5.41) is 9.58. The second-order valence-corrected chi connectivity index (χ2v) is 9.67. The van der Waals surface area contributed by atoms with Crippen molar-refractivity contribution in [2.45, 2.75) is 32.6 Å². The van der Waals surface area contributed by atoms with Crippen molar-refractivity contribution < 1.29 is 18.6 Å². The van der Waals surface area contributed by atoms with Crippen LogP contribution < -0.4 is 10.5 Å². The van der Waals surface area contributed by atoms with Crippen molar-refractivity contribution in [3.8, 4) is 22.8 Å². The predicted molar refractivity (Wildman–Crippen MR) is 154 cm³/mol. The largest absolute Gasteiger partial charge is 0.504 e. The number of H-pyrrole nitrogens is 1. The average molecular weight is 577 g/mol. The van der Waals surface area contributed by atoms with Crippen molar-refractivity contribution in [1.29, 1.82) is 0 Å². The molecule has 0 saturated heterocycles. The lowest BCUT2D eigenvalue weighted by atomic mass is 10.2. The monoisotopic (exact) mass is 576 g/mol. The predicted octanol–water partition coefficient (Wildman–Crippen LogP) is 8.44. The molecule has 2 aromatic carbocycles. The summed E-state index contributed by atoms with van der Waals surface area (Å²) in [5.74, 6) is 0.554. The van der Waals surface area contributed by atoms with Crippen LogP contribution in [-0.2, 0) is 0 Å². The Morgan fingerprint density at radius 2 is 1.97 bits per heavy atom. The van der Waals surface area contributed by atoms with Crippen LogP contribution in [0.15, 0.2) is 53.7 Å². The van der Waals surface area contributed by atoms with Gasteiger partial charge in [-0.05, 0) is 60.7 Å². The maximum Gasteiger partial charge on any atom is 0.206 e. The van der Waals surface area contributed by atoms with Gasteiger partial charge in [0.25, 0.3) is 0 Å². The van der Waals surface area contributed by atoms with Gasteiger partial charge in [0.2, 0.25) is 5.13 Å². The Kier molecular flexibility index (Phi) is 10.3. The van der Waals surface area contributed by atoms with Crippen LogP contribution >= 0.6 is 35.2 Å². The van der Waals surface area contributed by atoms with E-state index in [4.69, 9.17) is 34.3 Å². The van der Waals surface area contributed by atoms with Gasteiger partial charge in [-0.3, -0.25) is 4.99 Å². The van der Waals surface area contributed by atoms with E-state index in [-0.39, 0.29) is 21.6 Å². The summed E-state index contributed by atoms with van der Waals surface area (Å²) in [6.45, 7) is 4.00. The lowest BCUT2D eigenvalue weighted by molar-refractivity contribution is 0.373. The number of thiazole rings is 1. The Labute approximate surface area is 233 Å². The molecular formula is C27H27ClF2N4O2S2. The number of hydrogen-bond acceptors (Lipinski definition) is 7. The summed E-state index contributed by atoms with van der Waals surface area (Å²) in [5.41, 5.74) is 8.43. The van der Waals surface area contributed by atoms with E-state index >= 15 is 0 Å². The van der Waals surface area contributed by atoms with Gasteiger partial charge >= 0.3 is 0 Å². The van der Waals surface area contributed by atoms with E-state index in [1.807, 2.05) is 26.0 Å². The molecular weight excluding hydrogens is 550 g/mol. The summed E-state index contributed by atoms with van der Waals surface area (Å²) < 4.78 is 32.0.